The van der Waals surface area contributed by atoms with Crippen molar-refractivity contribution in [2.75, 3.05) is 6.73 Å². The third kappa shape index (κ3) is 3.48. The fourth-order valence-corrected chi connectivity index (χ4v) is 3.55. The Balaban J connectivity index is 1.38. The lowest BCUT2D eigenvalue weighted by Crippen LogP contribution is -2.31. The van der Waals surface area contributed by atoms with Crippen LogP contribution >= 0.6 is 0 Å². The fourth-order valence-electron chi connectivity index (χ4n) is 3.55. The van der Waals surface area contributed by atoms with Crippen molar-refractivity contribution in [3.63, 3.8) is 0 Å². The lowest BCUT2D eigenvalue weighted by Gasteiger charge is -2.29. The average Bonchev–Trinajstić information content (AvgIpc) is 3.37. The summed E-state index contributed by atoms with van der Waals surface area (Å²) in [7, 11) is 0. The first-order valence-corrected chi connectivity index (χ1v) is 9.47. The standard InChI is InChI=1S/C24H19NO4/c26-23-19-11-12-21-20(15-25(16-28-21)14-18-9-5-13-27-18)24(19)29-22(23)10-4-8-17-6-2-1-3-7-17/h1-13H,14-16H2/b8-4+,22-10+. The van der Waals surface area contributed by atoms with Gasteiger partial charge >= 0.3 is 0 Å². The lowest BCUT2D eigenvalue weighted by molar-refractivity contribution is 0.0810. The largest absolute Gasteiger partial charge is 0.478 e. The van der Waals surface area contributed by atoms with Crippen LogP contribution in [0, 0.1) is 0 Å². The topological polar surface area (TPSA) is 51.9 Å². The van der Waals surface area contributed by atoms with E-state index in [0.29, 0.717) is 36.9 Å². The Morgan fingerprint density at radius 2 is 1.93 bits per heavy atom. The van der Waals surface area contributed by atoms with E-state index in [2.05, 4.69) is 4.90 Å². The molecule has 2 aliphatic rings. The molecule has 0 unspecified atom stereocenters. The Bertz CT molecular complexity index is 1100. The number of rotatable bonds is 4. The Hall–Kier alpha value is -3.57. The van der Waals surface area contributed by atoms with E-state index in [0.717, 1.165) is 22.6 Å². The summed E-state index contributed by atoms with van der Waals surface area (Å²) < 4.78 is 17.3. The van der Waals surface area contributed by atoms with Gasteiger partial charge in [-0.05, 0) is 35.9 Å². The van der Waals surface area contributed by atoms with Crippen LogP contribution in [0.4, 0.5) is 0 Å². The van der Waals surface area contributed by atoms with E-state index < -0.39 is 0 Å². The van der Waals surface area contributed by atoms with E-state index in [4.69, 9.17) is 13.9 Å². The predicted octanol–water partition coefficient (Wildman–Crippen LogP) is 4.80. The SMILES string of the molecule is O=C1/C(=C\C=C\c2ccccc2)Oc2c1ccc1c2CN(Cc2ccco2)CO1. The molecular weight excluding hydrogens is 366 g/mol. The third-order valence-corrected chi connectivity index (χ3v) is 4.98. The van der Waals surface area contributed by atoms with Crippen LogP contribution in [0.2, 0.25) is 0 Å². The molecule has 5 nitrogen and oxygen atoms in total. The number of hydrogen-bond donors (Lipinski definition) is 0. The Labute approximate surface area is 168 Å². The number of allylic oxidation sites excluding steroid dienone is 3. The van der Waals surface area contributed by atoms with Crippen molar-refractivity contribution in [1.82, 2.24) is 4.90 Å². The summed E-state index contributed by atoms with van der Waals surface area (Å²) >= 11 is 0. The zero-order valence-corrected chi connectivity index (χ0v) is 15.7. The number of ketones is 1. The van der Waals surface area contributed by atoms with Crippen molar-refractivity contribution < 1.29 is 18.7 Å². The maximum atomic E-state index is 12.8. The zero-order chi connectivity index (χ0) is 19.6. The first kappa shape index (κ1) is 17.5. The minimum atomic E-state index is -0.108. The van der Waals surface area contributed by atoms with Gasteiger partial charge in [0.1, 0.15) is 24.0 Å². The van der Waals surface area contributed by atoms with Crippen LogP contribution in [-0.4, -0.2) is 17.4 Å². The molecule has 3 heterocycles. The fraction of sp³-hybridized carbons (Fsp3) is 0.125. The van der Waals surface area contributed by atoms with E-state index >= 15 is 0 Å². The van der Waals surface area contributed by atoms with Gasteiger partial charge in [-0.15, -0.1) is 0 Å². The van der Waals surface area contributed by atoms with Crippen LogP contribution in [-0.2, 0) is 13.1 Å². The second-order valence-corrected chi connectivity index (χ2v) is 6.99. The summed E-state index contributed by atoms with van der Waals surface area (Å²) in [6.07, 6.45) is 7.15. The molecule has 0 amide bonds. The van der Waals surface area contributed by atoms with Crippen LogP contribution in [0.5, 0.6) is 11.5 Å². The molecule has 0 atom stereocenters. The highest BCUT2D eigenvalue weighted by Crippen LogP contribution is 2.41. The number of Topliss-reactive ketones (excluding diaryl/α,β-unsaturated/α-hetero) is 1. The Morgan fingerprint density at radius 1 is 1.03 bits per heavy atom. The number of furan rings is 1. The molecular formula is C24H19NO4. The highest BCUT2D eigenvalue weighted by molar-refractivity contribution is 6.13. The van der Waals surface area contributed by atoms with Gasteiger partial charge in [-0.2, -0.15) is 0 Å². The van der Waals surface area contributed by atoms with Crippen molar-refractivity contribution in [3.05, 3.63) is 101 Å². The molecule has 0 radical (unpaired) electrons. The molecule has 0 spiro atoms. The van der Waals surface area contributed by atoms with Gasteiger partial charge in [0.2, 0.25) is 5.78 Å². The first-order valence-electron chi connectivity index (χ1n) is 9.47. The average molecular weight is 385 g/mol. The normalized spacial score (nSPS) is 17.2. The molecule has 2 aliphatic heterocycles. The van der Waals surface area contributed by atoms with Crippen molar-refractivity contribution >= 4 is 11.9 Å². The van der Waals surface area contributed by atoms with E-state index in [1.165, 1.54) is 0 Å². The summed E-state index contributed by atoms with van der Waals surface area (Å²) in [5.74, 6) is 2.44. The molecule has 0 saturated carbocycles. The molecule has 0 N–H and O–H groups in total. The van der Waals surface area contributed by atoms with Crippen LogP contribution in [0.1, 0.15) is 27.2 Å². The molecule has 1 aromatic heterocycles. The molecule has 0 fully saturated rings. The number of nitrogens with zero attached hydrogens (tertiary/aromatic N) is 1. The highest BCUT2D eigenvalue weighted by atomic mass is 16.5. The molecule has 5 heteroatoms. The van der Waals surface area contributed by atoms with Crippen LogP contribution in [0.3, 0.4) is 0 Å². The molecule has 3 aromatic rings. The monoisotopic (exact) mass is 385 g/mol. The van der Waals surface area contributed by atoms with Gasteiger partial charge in [0.15, 0.2) is 5.76 Å². The van der Waals surface area contributed by atoms with Gasteiger partial charge in [-0.25, -0.2) is 0 Å². The Morgan fingerprint density at radius 3 is 2.76 bits per heavy atom. The van der Waals surface area contributed by atoms with Gasteiger partial charge in [-0.1, -0.05) is 42.5 Å². The number of benzene rings is 2. The molecule has 0 bridgehead atoms. The summed E-state index contributed by atoms with van der Waals surface area (Å²) in [5.41, 5.74) is 2.53. The molecule has 0 aliphatic carbocycles. The van der Waals surface area contributed by atoms with Gasteiger partial charge in [-0.3, -0.25) is 9.69 Å². The quantitative estimate of drug-likeness (QED) is 0.604. The Kier molecular flexibility index (Phi) is 4.50. The predicted molar refractivity (Wildman–Crippen MR) is 108 cm³/mol. The van der Waals surface area contributed by atoms with Crippen molar-refractivity contribution in [2.45, 2.75) is 13.1 Å². The van der Waals surface area contributed by atoms with E-state index in [1.807, 2.05) is 60.7 Å². The van der Waals surface area contributed by atoms with E-state index in [1.54, 1.807) is 18.4 Å². The van der Waals surface area contributed by atoms with Gasteiger partial charge in [0, 0.05) is 6.54 Å². The van der Waals surface area contributed by atoms with Crippen LogP contribution < -0.4 is 9.47 Å². The number of carbonyl (C=O) groups excluding carboxylic acids is 1. The van der Waals surface area contributed by atoms with Gasteiger partial charge < -0.3 is 13.9 Å². The third-order valence-electron chi connectivity index (χ3n) is 4.98. The summed E-state index contributed by atoms with van der Waals surface area (Å²) in [5, 5.41) is 0. The summed E-state index contributed by atoms with van der Waals surface area (Å²) in [6.45, 7) is 1.72. The number of carbonyl (C=O) groups is 1. The van der Waals surface area contributed by atoms with Gasteiger partial charge in [0.25, 0.3) is 0 Å². The van der Waals surface area contributed by atoms with E-state index in [9.17, 15) is 4.79 Å². The lowest BCUT2D eigenvalue weighted by atomic mass is 10.0. The number of ether oxygens (including phenoxy) is 2. The summed E-state index contributed by atoms with van der Waals surface area (Å²) in [6, 6.07) is 17.4. The second-order valence-electron chi connectivity index (χ2n) is 6.99. The first-order chi connectivity index (χ1) is 14.3. The maximum Gasteiger partial charge on any atom is 0.231 e. The van der Waals surface area contributed by atoms with Crippen LogP contribution in [0.15, 0.2) is 83.2 Å². The summed E-state index contributed by atoms with van der Waals surface area (Å²) in [4.78, 5) is 14.9. The van der Waals surface area contributed by atoms with E-state index in [-0.39, 0.29) is 5.78 Å². The molecule has 5 rings (SSSR count). The van der Waals surface area contributed by atoms with Crippen LogP contribution in [0.25, 0.3) is 6.08 Å². The van der Waals surface area contributed by atoms with Crippen molar-refractivity contribution in [3.8, 4) is 11.5 Å². The molecule has 2 aromatic carbocycles. The minimum Gasteiger partial charge on any atom is -0.478 e. The molecule has 29 heavy (non-hydrogen) atoms. The number of hydrogen-bond acceptors (Lipinski definition) is 5. The zero-order valence-electron chi connectivity index (χ0n) is 15.7. The second kappa shape index (κ2) is 7.45. The van der Waals surface area contributed by atoms with Crippen molar-refractivity contribution in [2.24, 2.45) is 0 Å². The van der Waals surface area contributed by atoms with Crippen molar-refractivity contribution in [1.29, 1.82) is 0 Å². The molecule has 144 valence electrons. The minimum absolute atomic E-state index is 0.108. The van der Waals surface area contributed by atoms with Gasteiger partial charge in [0.05, 0.1) is 23.9 Å². The highest BCUT2D eigenvalue weighted by Gasteiger charge is 2.33. The maximum absolute atomic E-state index is 12.8. The molecule has 0 saturated heterocycles. The number of fused-ring (bicyclic) bond motifs is 3. The smallest absolute Gasteiger partial charge is 0.231 e.